The third-order valence-electron chi connectivity index (χ3n) is 7.44. The molecular formula is C36H37N3O3. The molecule has 1 unspecified atom stereocenters. The normalized spacial score (nSPS) is 12.2. The molecule has 0 fully saturated rings. The number of carbonyl (C=O) groups is 2. The molecule has 1 heterocycles. The van der Waals surface area contributed by atoms with Crippen LogP contribution in [0.5, 0.6) is 0 Å². The Bertz CT molecular complexity index is 1630. The monoisotopic (exact) mass is 559 g/mol. The summed E-state index contributed by atoms with van der Waals surface area (Å²) in [6.45, 7) is 7.33. The first-order valence-corrected chi connectivity index (χ1v) is 14.3. The maximum Gasteiger partial charge on any atom is 0.251 e. The zero-order valence-corrected chi connectivity index (χ0v) is 24.3. The van der Waals surface area contributed by atoms with Gasteiger partial charge in [-0.3, -0.25) is 9.59 Å². The summed E-state index contributed by atoms with van der Waals surface area (Å²) in [6.07, 6.45) is 0.489. The lowest BCUT2D eigenvalue weighted by Gasteiger charge is -2.22. The van der Waals surface area contributed by atoms with Gasteiger partial charge in [-0.2, -0.15) is 0 Å². The van der Waals surface area contributed by atoms with E-state index in [4.69, 9.17) is 10.2 Å². The fourth-order valence-electron chi connectivity index (χ4n) is 4.96. The first kappa shape index (κ1) is 28.8. The molecule has 1 atom stereocenters. The molecule has 5 aromatic rings. The van der Waals surface area contributed by atoms with Crippen molar-refractivity contribution in [1.82, 2.24) is 5.32 Å². The zero-order chi connectivity index (χ0) is 29.7. The number of hydrogen-bond donors (Lipinski definition) is 3. The second-order valence-corrected chi connectivity index (χ2v) is 11.6. The largest absolute Gasteiger partial charge is 0.456 e. The first-order chi connectivity index (χ1) is 20.2. The van der Waals surface area contributed by atoms with Crippen LogP contribution in [0.2, 0.25) is 0 Å². The van der Waals surface area contributed by atoms with Gasteiger partial charge >= 0.3 is 0 Å². The van der Waals surface area contributed by atoms with E-state index in [0.717, 1.165) is 33.4 Å². The maximum atomic E-state index is 13.8. The van der Waals surface area contributed by atoms with Crippen molar-refractivity contribution in [3.05, 3.63) is 125 Å². The molecule has 42 heavy (non-hydrogen) atoms. The van der Waals surface area contributed by atoms with E-state index in [1.165, 1.54) is 5.56 Å². The molecule has 0 aliphatic heterocycles. The highest BCUT2D eigenvalue weighted by Gasteiger charge is 2.23. The summed E-state index contributed by atoms with van der Waals surface area (Å²) in [5, 5.41) is 6.95. The van der Waals surface area contributed by atoms with Crippen LogP contribution in [0.3, 0.4) is 0 Å². The molecule has 214 valence electrons. The molecular weight excluding hydrogens is 522 g/mol. The van der Waals surface area contributed by atoms with E-state index in [1.807, 2.05) is 78.9 Å². The van der Waals surface area contributed by atoms with Gasteiger partial charge < -0.3 is 20.8 Å². The highest BCUT2D eigenvalue weighted by atomic mass is 16.3. The van der Waals surface area contributed by atoms with Gasteiger partial charge in [-0.1, -0.05) is 75.4 Å². The molecule has 1 aromatic heterocycles. The fraction of sp³-hybridized carbons (Fsp3) is 0.222. The van der Waals surface area contributed by atoms with Gasteiger partial charge in [0.1, 0.15) is 11.3 Å². The van der Waals surface area contributed by atoms with Gasteiger partial charge in [0.05, 0.1) is 5.92 Å². The highest BCUT2D eigenvalue weighted by Crippen LogP contribution is 2.30. The van der Waals surface area contributed by atoms with E-state index in [0.29, 0.717) is 30.8 Å². The van der Waals surface area contributed by atoms with Crippen molar-refractivity contribution in [3.63, 3.8) is 0 Å². The minimum absolute atomic E-state index is 0.0121. The smallest absolute Gasteiger partial charge is 0.251 e. The van der Waals surface area contributed by atoms with Crippen LogP contribution in [0.25, 0.3) is 22.3 Å². The summed E-state index contributed by atoms with van der Waals surface area (Å²) in [6, 6.07) is 33.3. The molecule has 5 rings (SSSR count). The number of furan rings is 1. The maximum absolute atomic E-state index is 13.8. The number of para-hydroxylation sites is 1. The van der Waals surface area contributed by atoms with Crippen molar-refractivity contribution in [1.29, 1.82) is 0 Å². The fourth-order valence-corrected chi connectivity index (χ4v) is 4.96. The Balaban J connectivity index is 1.36. The Morgan fingerprint density at radius 2 is 1.55 bits per heavy atom. The predicted molar refractivity (Wildman–Crippen MR) is 170 cm³/mol. The molecule has 0 aliphatic carbocycles. The van der Waals surface area contributed by atoms with Crippen molar-refractivity contribution in [2.45, 2.75) is 38.5 Å². The molecule has 6 heteroatoms. The molecule has 2 amide bonds. The second-order valence-electron chi connectivity index (χ2n) is 11.6. The summed E-state index contributed by atoms with van der Waals surface area (Å²) >= 11 is 0. The summed E-state index contributed by atoms with van der Waals surface area (Å²) < 4.78 is 6.00. The molecule has 0 bridgehead atoms. The molecule has 6 nitrogen and oxygen atoms in total. The Kier molecular flexibility index (Phi) is 8.55. The third kappa shape index (κ3) is 6.78. The van der Waals surface area contributed by atoms with Gasteiger partial charge in [-0.25, -0.2) is 0 Å². The summed E-state index contributed by atoms with van der Waals surface area (Å²) in [5.41, 5.74) is 11.7. The lowest BCUT2D eigenvalue weighted by Crippen LogP contribution is -2.29. The zero-order valence-electron chi connectivity index (χ0n) is 24.3. The third-order valence-corrected chi connectivity index (χ3v) is 7.44. The number of anilines is 1. The molecule has 4 N–H and O–H groups in total. The number of benzene rings is 4. The van der Waals surface area contributed by atoms with Gasteiger partial charge in [-0.05, 0) is 77.1 Å². The van der Waals surface area contributed by atoms with Crippen LogP contribution >= 0.6 is 0 Å². The Labute approximate surface area is 246 Å². The van der Waals surface area contributed by atoms with Crippen LogP contribution in [0.15, 0.2) is 108 Å². The molecule has 0 saturated carbocycles. The summed E-state index contributed by atoms with van der Waals surface area (Å²) in [4.78, 5) is 26.1. The quantitative estimate of drug-likeness (QED) is 0.180. The van der Waals surface area contributed by atoms with E-state index in [-0.39, 0.29) is 17.2 Å². The van der Waals surface area contributed by atoms with Crippen LogP contribution in [0.4, 0.5) is 5.69 Å². The van der Waals surface area contributed by atoms with Crippen molar-refractivity contribution in [2.75, 3.05) is 18.4 Å². The number of rotatable bonds is 9. The number of carbonyl (C=O) groups excluding carboxylic acids is 2. The van der Waals surface area contributed by atoms with Gasteiger partial charge in [0.15, 0.2) is 0 Å². The molecule has 0 saturated heterocycles. The molecule has 0 spiro atoms. The van der Waals surface area contributed by atoms with E-state index in [9.17, 15) is 9.59 Å². The van der Waals surface area contributed by atoms with Crippen LogP contribution in [0.1, 0.15) is 53.7 Å². The Morgan fingerprint density at radius 1 is 0.857 bits per heavy atom. The number of amides is 2. The van der Waals surface area contributed by atoms with Gasteiger partial charge in [0, 0.05) is 35.3 Å². The van der Waals surface area contributed by atoms with Crippen LogP contribution in [0, 0.1) is 0 Å². The second kappa shape index (κ2) is 12.5. The van der Waals surface area contributed by atoms with E-state index < -0.39 is 5.92 Å². The average molecular weight is 560 g/mol. The lowest BCUT2D eigenvalue weighted by atomic mass is 9.84. The number of hydrogen-bond acceptors (Lipinski definition) is 4. The van der Waals surface area contributed by atoms with Gasteiger partial charge in [0.25, 0.3) is 5.91 Å². The van der Waals surface area contributed by atoms with E-state index in [2.05, 4.69) is 43.5 Å². The number of fused-ring (bicyclic) bond motifs is 1. The Morgan fingerprint density at radius 3 is 2.19 bits per heavy atom. The molecule has 0 radical (unpaired) electrons. The Hall–Kier alpha value is -4.68. The molecule has 4 aromatic carbocycles. The van der Waals surface area contributed by atoms with Gasteiger partial charge in [-0.15, -0.1) is 0 Å². The highest BCUT2D eigenvalue weighted by molar-refractivity contribution is 5.96. The molecule has 0 aliphatic rings. The number of nitrogens with two attached hydrogens (primary N) is 1. The van der Waals surface area contributed by atoms with Crippen molar-refractivity contribution in [2.24, 2.45) is 5.73 Å². The average Bonchev–Trinajstić information content (AvgIpc) is 3.43. The SMILES string of the molecule is CC(C)(C)c1ccc(C(Cc2ccc(C(=O)NCCN)cc2)C(=O)Nc2ccc(-c3cc4ccccc4o3)cc2)cc1. The lowest BCUT2D eigenvalue weighted by molar-refractivity contribution is -0.117. The topological polar surface area (TPSA) is 97.4 Å². The van der Waals surface area contributed by atoms with Crippen LogP contribution in [-0.2, 0) is 16.6 Å². The summed E-state index contributed by atoms with van der Waals surface area (Å²) in [7, 11) is 0. The predicted octanol–water partition coefficient (Wildman–Crippen LogP) is 7.05. The number of nitrogens with one attached hydrogen (secondary N) is 2. The van der Waals surface area contributed by atoms with Crippen molar-refractivity contribution >= 4 is 28.5 Å². The van der Waals surface area contributed by atoms with Gasteiger partial charge in [0.2, 0.25) is 5.91 Å². The van der Waals surface area contributed by atoms with Crippen molar-refractivity contribution < 1.29 is 14.0 Å². The first-order valence-electron chi connectivity index (χ1n) is 14.3. The standard InChI is InChI=1S/C36H37N3O3/c1-36(2,3)29-16-12-25(13-17-29)31(22-24-8-10-27(11-9-24)34(40)38-21-20-37)35(41)39-30-18-14-26(15-19-30)33-23-28-6-4-5-7-32(28)42-33/h4-19,23,31H,20-22,37H2,1-3H3,(H,38,40)(H,39,41). The van der Waals surface area contributed by atoms with Crippen LogP contribution in [-0.4, -0.2) is 24.9 Å². The van der Waals surface area contributed by atoms with E-state index in [1.54, 1.807) is 12.1 Å². The van der Waals surface area contributed by atoms with Crippen molar-refractivity contribution in [3.8, 4) is 11.3 Å². The minimum atomic E-state index is -0.425. The summed E-state index contributed by atoms with van der Waals surface area (Å²) in [5.74, 6) is 0.0990. The van der Waals surface area contributed by atoms with E-state index >= 15 is 0 Å². The minimum Gasteiger partial charge on any atom is -0.456 e. The van der Waals surface area contributed by atoms with Crippen LogP contribution < -0.4 is 16.4 Å².